The first-order valence-electron chi connectivity index (χ1n) is 8.34. The number of hydrogen-bond acceptors (Lipinski definition) is 8. The van der Waals surface area contributed by atoms with E-state index in [1.165, 1.54) is 70.1 Å². The molecule has 0 aromatic carbocycles. The van der Waals surface area contributed by atoms with Gasteiger partial charge in [-0.15, -0.1) is 10.2 Å². The summed E-state index contributed by atoms with van der Waals surface area (Å²) in [6.07, 6.45) is 2.56. The summed E-state index contributed by atoms with van der Waals surface area (Å²) in [5, 5.41) is 0. The SMILES string of the molecule is CN1CCCN(C)CCN(C)CCCN(C)CC1.[Co+2].[N-]=[N+]=[N-].[O-][Cl+3]([O-])([O-])[O-]. The average molecular weight is 457 g/mol. The predicted molar refractivity (Wildman–Crippen MR) is 89.3 cm³/mol. The van der Waals surface area contributed by atoms with Crippen molar-refractivity contribution < 1.29 is 45.7 Å². The molecule has 13 heteroatoms. The van der Waals surface area contributed by atoms with Crippen molar-refractivity contribution in [2.24, 2.45) is 0 Å². The van der Waals surface area contributed by atoms with Crippen molar-refractivity contribution in [2.75, 3.05) is 80.5 Å². The Labute approximate surface area is 174 Å². The first kappa shape index (κ1) is 31.5. The van der Waals surface area contributed by atoms with Crippen LogP contribution < -0.4 is 18.6 Å². The van der Waals surface area contributed by atoms with E-state index in [1.54, 1.807) is 0 Å². The summed E-state index contributed by atoms with van der Waals surface area (Å²) in [6, 6.07) is 0. The fraction of sp³-hybridized carbons (Fsp3) is 1.00. The molecule has 0 aromatic rings. The largest absolute Gasteiger partial charge is 2.00 e. The third-order valence-corrected chi connectivity index (χ3v) is 3.89. The standard InChI is InChI=1S/C14H32N4.ClHO4.Co.N3/c1-15-7-5-8-17(3)13-14-18(4)10-6-9-16(2)12-11-15;2-1(3,4)5;;1-3-2/h5-14H2,1-4H3;(H,2,3,4,5);;/q;;+2;-1/p-1. The molecule has 1 aliphatic heterocycles. The van der Waals surface area contributed by atoms with E-state index in [-0.39, 0.29) is 16.8 Å². The Hall–Kier alpha value is -0.214. The molecule has 0 spiro atoms. The van der Waals surface area contributed by atoms with E-state index >= 15 is 0 Å². The van der Waals surface area contributed by atoms with Crippen LogP contribution in [0.15, 0.2) is 0 Å². The molecule has 1 saturated heterocycles. The fourth-order valence-electron chi connectivity index (χ4n) is 2.35. The minimum atomic E-state index is -4.94. The summed E-state index contributed by atoms with van der Waals surface area (Å²) in [5.41, 5.74) is 13.5. The van der Waals surface area contributed by atoms with Crippen molar-refractivity contribution in [1.29, 1.82) is 0 Å². The maximum absolute atomic E-state index is 8.49. The summed E-state index contributed by atoms with van der Waals surface area (Å²) in [7, 11) is 4.03. The van der Waals surface area contributed by atoms with Crippen LogP contribution in [-0.4, -0.2) is 100 Å². The van der Waals surface area contributed by atoms with Crippen molar-refractivity contribution in [2.45, 2.75) is 12.8 Å². The molecule has 27 heavy (non-hydrogen) atoms. The molecule has 0 bridgehead atoms. The van der Waals surface area contributed by atoms with E-state index in [1.807, 2.05) is 0 Å². The first-order valence-corrected chi connectivity index (χ1v) is 9.57. The van der Waals surface area contributed by atoms with Gasteiger partial charge >= 0.3 is 16.8 Å². The van der Waals surface area contributed by atoms with E-state index in [0.717, 1.165) is 0 Å². The van der Waals surface area contributed by atoms with Gasteiger partial charge in [0.15, 0.2) is 0 Å². The van der Waals surface area contributed by atoms with E-state index in [4.69, 9.17) is 29.7 Å². The van der Waals surface area contributed by atoms with E-state index < -0.39 is 10.2 Å². The molecule has 0 amide bonds. The van der Waals surface area contributed by atoms with Gasteiger partial charge < -0.3 is 30.7 Å². The predicted octanol–water partition coefficient (Wildman–Crippen LogP) is -3.38. The molecule has 0 aliphatic carbocycles. The van der Waals surface area contributed by atoms with Crippen LogP contribution >= 0.6 is 0 Å². The van der Waals surface area contributed by atoms with Gasteiger partial charge in [0, 0.05) is 26.2 Å². The maximum Gasteiger partial charge on any atom is 2.00 e. The monoisotopic (exact) mass is 456 g/mol. The molecule has 0 atom stereocenters. The first-order chi connectivity index (χ1) is 12.0. The number of rotatable bonds is 0. The molecule has 0 aromatic heterocycles. The second-order valence-corrected chi connectivity index (χ2v) is 7.14. The Bertz CT molecular complexity index is 326. The van der Waals surface area contributed by atoms with Gasteiger partial charge in [-0.3, -0.25) is 4.91 Å². The third kappa shape index (κ3) is 30.7. The van der Waals surface area contributed by atoms with E-state index in [2.05, 4.69) is 47.8 Å². The Morgan fingerprint density at radius 3 is 0.889 bits per heavy atom. The van der Waals surface area contributed by atoms with Crippen molar-refractivity contribution in [1.82, 2.24) is 19.6 Å². The van der Waals surface area contributed by atoms with Crippen LogP contribution in [0.5, 0.6) is 0 Å². The van der Waals surface area contributed by atoms with Gasteiger partial charge in [0.2, 0.25) is 0 Å². The van der Waals surface area contributed by atoms with Gasteiger partial charge in [-0.05, 0) is 67.2 Å². The molecule has 1 fully saturated rings. The van der Waals surface area contributed by atoms with Crippen LogP contribution in [0.4, 0.5) is 0 Å². The van der Waals surface area contributed by atoms with Crippen LogP contribution in [0.25, 0.3) is 16.0 Å². The Kier molecular flexibility index (Phi) is 22.3. The smallest absolute Gasteiger partial charge is 0.373 e. The van der Waals surface area contributed by atoms with Gasteiger partial charge in [-0.2, -0.15) is 0 Å². The van der Waals surface area contributed by atoms with Gasteiger partial charge in [0.25, 0.3) is 0 Å². The maximum atomic E-state index is 8.49. The summed E-state index contributed by atoms with van der Waals surface area (Å²) < 4.78 is 34.0. The van der Waals surface area contributed by atoms with Gasteiger partial charge in [-0.25, -0.2) is 18.6 Å². The molecule has 163 valence electrons. The molecular weight excluding hydrogens is 425 g/mol. The number of likely N-dealkylation sites (N-methyl/N-ethyl adjacent to an activating group) is 4. The van der Waals surface area contributed by atoms with Crippen LogP contribution in [-0.2, 0) is 16.8 Å². The minimum absolute atomic E-state index is 0. The molecule has 0 saturated carbocycles. The average Bonchev–Trinajstić information content (AvgIpc) is 2.49. The van der Waals surface area contributed by atoms with E-state index in [9.17, 15) is 0 Å². The zero-order chi connectivity index (χ0) is 20.6. The summed E-state index contributed by atoms with van der Waals surface area (Å²) in [4.78, 5) is 11.3. The summed E-state index contributed by atoms with van der Waals surface area (Å²) >= 11 is 0. The van der Waals surface area contributed by atoms with Crippen molar-refractivity contribution in [3.8, 4) is 0 Å². The molecule has 0 unspecified atom stereocenters. The quantitative estimate of drug-likeness (QED) is 0.207. The summed E-state index contributed by atoms with van der Waals surface area (Å²) in [6.45, 7) is 9.63. The molecule has 11 nitrogen and oxygen atoms in total. The van der Waals surface area contributed by atoms with Crippen LogP contribution in [0, 0.1) is 10.2 Å². The van der Waals surface area contributed by atoms with E-state index in [0.29, 0.717) is 0 Å². The molecule has 1 heterocycles. The summed E-state index contributed by atoms with van der Waals surface area (Å²) in [5.74, 6) is 0. The topological polar surface area (TPSA) is 164 Å². The Morgan fingerprint density at radius 2 is 0.741 bits per heavy atom. The Morgan fingerprint density at radius 1 is 0.593 bits per heavy atom. The normalized spacial score (nSPS) is 19.9. The van der Waals surface area contributed by atoms with Gasteiger partial charge in [0.1, 0.15) is 0 Å². The molecular formula is C14H32ClCoN7O4. The van der Waals surface area contributed by atoms with Crippen LogP contribution in [0.3, 0.4) is 0 Å². The number of nitrogens with zero attached hydrogens (tertiary/aromatic N) is 7. The van der Waals surface area contributed by atoms with Crippen molar-refractivity contribution >= 4 is 0 Å². The number of halogens is 1. The van der Waals surface area contributed by atoms with Crippen LogP contribution in [0.1, 0.15) is 12.8 Å². The fourth-order valence-corrected chi connectivity index (χ4v) is 2.35. The minimum Gasteiger partial charge on any atom is -0.373 e. The Balaban J connectivity index is -0.000000544. The zero-order valence-electron chi connectivity index (χ0n) is 16.5. The molecule has 1 rings (SSSR count). The van der Waals surface area contributed by atoms with Gasteiger partial charge in [0.05, 0.1) is 0 Å². The van der Waals surface area contributed by atoms with Crippen molar-refractivity contribution in [3.05, 3.63) is 16.0 Å². The molecule has 1 aliphatic rings. The van der Waals surface area contributed by atoms with Gasteiger partial charge in [-0.1, -0.05) is 0 Å². The second-order valence-electron chi connectivity index (χ2n) is 6.39. The third-order valence-electron chi connectivity index (χ3n) is 3.89. The molecule has 0 N–H and O–H groups in total. The van der Waals surface area contributed by atoms with Crippen LogP contribution in [0.2, 0.25) is 0 Å². The second kappa shape index (κ2) is 19.1. The molecule has 1 radical (unpaired) electrons. The number of hydrogen-bond donors (Lipinski definition) is 0. The van der Waals surface area contributed by atoms with Crippen molar-refractivity contribution in [3.63, 3.8) is 0 Å². The zero-order valence-corrected chi connectivity index (χ0v) is 18.3.